The summed E-state index contributed by atoms with van der Waals surface area (Å²) in [4.78, 5) is 4.30. The quantitative estimate of drug-likeness (QED) is 0.451. The molecule has 1 aliphatic rings. The van der Waals surface area contributed by atoms with Crippen molar-refractivity contribution in [3.05, 3.63) is 42.2 Å². The van der Waals surface area contributed by atoms with Crippen molar-refractivity contribution in [1.82, 2.24) is 20.4 Å². The van der Waals surface area contributed by atoms with Gasteiger partial charge in [-0.1, -0.05) is 19.9 Å². The Morgan fingerprint density at radius 2 is 2.12 bits per heavy atom. The average Bonchev–Trinajstić information content (AvgIpc) is 3.32. The van der Waals surface area contributed by atoms with Crippen LogP contribution in [0.5, 0.6) is 11.5 Å². The van der Waals surface area contributed by atoms with E-state index in [9.17, 15) is 0 Å². The Morgan fingerprint density at radius 1 is 1.27 bits per heavy atom. The minimum atomic E-state index is -0.0757. The van der Waals surface area contributed by atoms with E-state index in [4.69, 9.17) is 9.47 Å². The minimum absolute atomic E-state index is 0.0757. The number of nitrogens with zero attached hydrogens (tertiary/aromatic N) is 3. The lowest BCUT2D eigenvalue weighted by molar-refractivity contribution is 0.174. The van der Waals surface area contributed by atoms with Gasteiger partial charge in [-0.05, 0) is 30.2 Å². The highest BCUT2D eigenvalue weighted by molar-refractivity contribution is 5.79. The molecule has 0 amide bonds. The number of aromatic nitrogens is 2. The number of hydrogen-bond acceptors (Lipinski definition) is 4. The van der Waals surface area contributed by atoms with Crippen LogP contribution in [0.2, 0.25) is 0 Å². The molecule has 1 aromatic heterocycles. The van der Waals surface area contributed by atoms with Crippen LogP contribution in [0.4, 0.5) is 0 Å². The van der Waals surface area contributed by atoms with Gasteiger partial charge in [-0.2, -0.15) is 5.10 Å². The van der Waals surface area contributed by atoms with E-state index in [-0.39, 0.29) is 5.41 Å². The summed E-state index contributed by atoms with van der Waals surface area (Å²) in [6, 6.07) is 8.06. The molecule has 0 atom stereocenters. The second-order valence-corrected chi connectivity index (χ2v) is 6.93. The van der Waals surface area contributed by atoms with Crippen LogP contribution in [0.15, 0.2) is 41.7 Å². The molecule has 0 radical (unpaired) electrons. The fourth-order valence-corrected chi connectivity index (χ4v) is 2.83. The Kier molecular flexibility index (Phi) is 5.65. The molecule has 2 aromatic rings. The van der Waals surface area contributed by atoms with Crippen LogP contribution in [-0.4, -0.2) is 42.7 Å². The van der Waals surface area contributed by atoms with Gasteiger partial charge in [0.2, 0.25) is 6.79 Å². The molecule has 0 spiro atoms. The molecule has 0 saturated carbocycles. The molecule has 140 valence electrons. The minimum Gasteiger partial charge on any atom is -0.454 e. The Labute approximate surface area is 154 Å². The number of aryl methyl sites for hydroxylation is 1. The van der Waals surface area contributed by atoms with Crippen molar-refractivity contribution >= 4 is 5.96 Å². The second kappa shape index (κ2) is 8.12. The fraction of sp³-hybridized carbons (Fsp3) is 0.474. The zero-order chi connectivity index (χ0) is 18.4. The number of aliphatic imine (C=N–C) groups is 1. The van der Waals surface area contributed by atoms with Gasteiger partial charge in [0.25, 0.3) is 0 Å². The van der Waals surface area contributed by atoms with Crippen LogP contribution < -0.4 is 20.1 Å². The number of fused-ring (bicyclic) bond motifs is 1. The normalized spacial score (nSPS) is 13.7. The van der Waals surface area contributed by atoms with Crippen molar-refractivity contribution in [3.8, 4) is 11.5 Å². The molecule has 0 unspecified atom stereocenters. The van der Waals surface area contributed by atoms with Crippen LogP contribution in [0.25, 0.3) is 0 Å². The summed E-state index contributed by atoms with van der Waals surface area (Å²) in [5, 5.41) is 11.0. The van der Waals surface area contributed by atoms with Crippen LogP contribution in [0.1, 0.15) is 25.8 Å². The van der Waals surface area contributed by atoms with E-state index >= 15 is 0 Å². The smallest absolute Gasteiger partial charge is 0.231 e. The molecule has 2 heterocycles. The van der Waals surface area contributed by atoms with Gasteiger partial charge in [-0.3, -0.25) is 9.67 Å². The largest absolute Gasteiger partial charge is 0.454 e. The van der Waals surface area contributed by atoms with Gasteiger partial charge in [0.1, 0.15) is 0 Å². The monoisotopic (exact) mass is 357 g/mol. The summed E-state index contributed by atoms with van der Waals surface area (Å²) in [5.74, 6) is 2.43. The lowest BCUT2D eigenvalue weighted by Crippen LogP contribution is -2.43. The lowest BCUT2D eigenvalue weighted by atomic mass is 9.84. The summed E-state index contributed by atoms with van der Waals surface area (Å²) in [7, 11) is 1.79. The molecule has 7 heteroatoms. The Bertz CT molecular complexity index is 740. The van der Waals surface area contributed by atoms with Gasteiger partial charge in [0.05, 0.1) is 0 Å². The summed E-state index contributed by atoms with van der Waals surface area (Å²) in [5.41, 5.74) is 1.12. The fourth-order valence-electron chi connectivity index (χ4n) is 2.83. The third-order valence-corrected chi connectivity index (χ3v) is 4.49. The van der Waals surface area contributed by atoms with E-state index in [1.807, 2.05) is 23.0 Å². The van der Waals surface area contributed by atoms with E-state index in [1.54, 1.807) is 13.2 Å². The Morgan fingerprint density at radius 3 is 2.88 bits per heavy atom. The van der Waals surface area contributed by atoms with Gasteiger partial charge in [0.15, 0.2) is 17.5 Å². The number of rotatable bonds is 7. The maximum absolute atomic E-state index is 5.49. The van der Waals surface area contributed by atoms with Gasteiger partial charge >= 0.3 is 0 Å². The van der Waals surface area contributed by atoms with E-state index in [2.05, 4.69) is 46.7 Å². The molecule has 2 N–H and O–H groups in total. The first kappa shape index (κ1) is 18.1. The molecular formula is C19H27N5O2. The molecule has 7 nitrogen and oxygen atoms in total. The summed E-state index contributed by atoms with van der Waals surface area (Å²) >= 11 is 0. The van der Waals surface area contributed by atoms with Crippen LogP contribution in [-0.2, 0) is 12.0 Å². The van der Waals surface area contributed by atoms with Crippen molar-refractivity contribution in [3.63, 3.8) is 0 Å². The molecule has 0 bridgehead atoms. The predicted molar refractivity (Wildman–Crippen MR) is 102 cm³/mol. The molecule has 0 fully saturated rings. The summed E-state index contributed by atoms with van der Waals surface area (Å²) in [6.45, 7) is 7.17. The first-order valence-corrected chi connectivity index (χ1v) is 8.90. The van der Waals surface area contributed by atoms with Gasteiger partial charge < -0.3 is 20.1 Å². The topological polar surface area (TPSA) is 72.7 Å². The Balaban J connectivity index is 1.47. The van der Waals surface area contributed by atoms with E-state index in [0.29, 0.717) is 6.79 Å². The van der Waals surface area contributed by atoms with Crippen LogP contribution in [0, 0.1) is 0 Å². The lowest BCUT2D eigenvalue weighted by Gasteiger charge is -2.27. The van der Waals surface area contributed by atoms with Crippen LogP contribution >= 0.6 is 0 Å². The summed E-state index contributed by atoms with van der Waals surface area (Å²) < 4.78 is 12.8. The number of nitrogens with one attached hydrogen (secondary N) is 2. The number of benzene rings is 1. The predicted octanol–water partition coefficient (Wildman–Crippen LogP) is 2.14. The van der Waals surface area contributed by atoms with Gasteiger partial charge in [-0.25, -0.2) is 0 Å². The molecule has 1 aromatic carbocycles. The zero-order valence-corrected chi connectivity index (χ0v) is 15.7. The standard InChI is InChI=1S/C19H27N5O2/c1-19(2,15-6-7-16-17(12-15)26-14-25-16)13-22-18(20-3)21-8-4-10-24-11-5-9-23-24/h5-7,9,11-12H,4,8,10,13-14H2,1-3H3,(H2,20,21,22). The number of ether oxygens (including phenoxy) is 2. The highest BCUT2D eigenvalue weighted by Crippen LogP contribution is 2.36. The molecule has 26 heavy (non-hydrogen) atoms. The molecule has 3 rings (SSSR count). The summed E-state index contributed by atoms with van der Waals surface area (Å²) in [6.07, 6.45) is 4.75. The molecule has 0 saturated heterocycles. The van der Waals surface area contributed by atoms with Crippen molar-refractivity contribution in [2.75, 3.05) is 26.9 Å². The van der Waals surface area contributed by atoms with Crippen LogP contribution in [0.3, 0.4) is 0 Å². The van der Waals surface area contributed by atoms with E-state index in [1.165, 1.54) is 5.56 Å². The molecular weight excluding hydrogens is 330 g/mol. The highest BCUT2D eigenvalue weighted by atomic mass is 16.7. The Hall–Kier alpha value is -2.70. The second-order valence-electron chi connectivity index (χ2n) is 6.93. The molecule has 1 aliphatic heterocycles. The third kappa shape index (κ3) is 4.47. The third-order valence-electron chi connectivity index (χ3n) is 4.49. The maximum Gasteiger partial charge on any atom is 0.231 e. The number of guanidine groups is 1. The van der Waals surface area contributed by atoms with Crippen molar-refractivity contribution in [2.24, 2.45) is 4.99 Å². The SMILES string of the molecule is CN=C(NCCCn1cccn1)NCC(C)(C)c1ccc2c(c1)OCO2. The number of hydrogen-bond donors (Lipinski definition) is 2. The van der Waals surface area contributed by atoms with E-state index in [0.717, 1.165) is 43.5 Å². The highest BCUT2D eigenvalue weighted by Gasteiger charge is 2.24. The van der Waals surface area contributed by atoms with Crippen molar-refractivity contribution < 1.29 is 9.47 Å². The molecule has 0 aliphatic carbocycles. The average molecular weight is 357 g/mol. The van der Waals surface area contributed by atoms with Crippen molar-refractivity contribution in [1.29, 1.82) is 0 Å². The van der Waals surface area contributed by atoms with Gasteiger partial charge in [0, 0.05) is 44.5 Å². The van der Waals surface area contributed by atoms with Gasteiger partial charge in [-0.15, -0.1) is 0 Å². The van der Waals surface area contributed by atoms with E-state index < -0.39 is 0 Å². The first-order chi connectivity index (χ1) is 12.6. The maximum atomic E-state index is 5.49. The first-order valence-electron chi connectivity index (χ1n) is 8.90. The zero-order valence-electron chi connectivity index (χ0n) is 15.7. The van der Waals surface area contributed by atoms with Crippen molar-refractivity contribution in [2.45, 2.75) is 32.2 Å².